The third-order valence-corrected chi connectivity index (χ3v) is 3.18. The van der Waals surface area contributed by atoms with E-state index in [0.29, 0.717) is 0 Å². The van der Waals surface area contributed by atoms with Crippen LogP contribution < -0.4 is 0 Å². The van der Waals surface area contributed by atoms with Gasteiger partial charge in [0, 0.05) is 0 Å². The van der Waals surface area contributed by atoms with Crippen molar-refractivity contribution in [2.24, 2.45) is 0 Å². The number of halogens is 1. The standard InChI is InChI=1S/C10H17FO8/c11-9-7(15)6(14)4(2-17-9)19-10-8(16)5(13)3(12)1-18-10/h3-10,12-16H,1-2H2. The zero-order chi connectivity index (χ0) is 14.2. The fraction of sp³-hybridized carbons (Fsp3) is 1.00. The van der Waals surface area contributed by atoms with Crippen LogP contribution in [0.5, 0.6) is 0 Å². The number of aliphatic hydroxyl groups excluding tert-OH is 5. The molecule has 0 saturated carbocycles. The summed E-state index contributed by atoms with van der Waals surface area (Å²) < 4.78 is 27.6. The second-order valence-corrected chi connectivity index (χ2v) is 4.59. The quantitative estimate of drug-likeness (QED) is 0.360. The minimum absolute atomic E-state index is 0.263. The Bertz CT molecular complexity index is 277. The Balaban J connectivity index is 1.94. The van der Waals surface area contributed by atoms with Gasteiger partial charge in [0.05, 0.1) is 13.2 Å². The lowest BCUT2D eigenvalue weighted by Crippen LogP contribution is -2.58. The van der Waals surface area contributed by atoms with E-state index in [1.165, 1.54) is 0 Å². The van der Waals surface area contributed by atoms with Gasteiger partial charge in [0.15, 0.2) is 6.29 Å². The molecule has 2 heterocycles. The van der Waals surface area contributed by atoms with Crippen molar-refractivity contribution in [3.05, 3.63) is 0 Å². The average Bonchev–Trinajstić information content (AvgIpc) is 2.39. The molecule has 8 unspecified atom stereocenters. The van der Waals surface area contributed by atoms with E-state index in [4.69, 9.17) is 9.47 Å². The summed E-state index contributed by atoms with van der Waals surface area (Å²) in [6, 6.07) is 0. The van der Waals surface area contributed by atoms with Crippen LogP contribution in [0.2, 0.25) is 0 Å². The van der Waals surface area contributed by atoms with Crippen LogP contribution in [-0.2, 0) is 14.2 Å². The predicted molar refractivity (Wildman–Crippen MR) is 55.5 cm³/mol. The third-order valence-electron chi connectivity index (χ3n) is 3.18. The van der Waals surface area contributed by atoms with Crippen LogP contribution >= 0.6 is 0 Å². The number of aliphatic hydroxyl groups is 5. The summed E-state index contributed by atoms with van der Waals surface area (Å²) in [4.78, 5) is 0. The van der Waals surface area contributed by atoms with Crippen LogP contribution in [0.3, 0.4) is 0 Å². The number of hydrogen-bond donors (Lipinski definition) is 5. The molecular formula is C10H17FO8. The van der Waals surface area contributed by atoms with Gasteiger partial charge in [0.2, 0.25) is 6.36 Å². The first-order valence-electron chi connectivity index (χ1n) is 5.85. The van der Waals surface area contributed by atoms with Crippen LogP contribution in [0.4, 0.5) is 4.39 Å². The minimum Gasteiger partial charge on any atom is -0.388 e. The normalized spacial score (nSPS) is 52.1. The predicted octanol–water partition coefficient (Wildman–Crippen LogP) is -3.14. The largest absolute Gasteiger partial charge is 0.388 e. The average molecular weight is 284 g/mol. The molecule has 0 bridgehead atoms. The molecule has 0 radical (unpaired) electrons. The highest BCUT2D eigenvalue weighted by atomic mass is 19.1. The lowest BCUT2D eigenvalue weighted by atomic mass is 10.0. The van der Waals surface area contributed by atoms with E-state index in [1.54, 1.807) is 0 Å². The fourth-order valence-corrected chi connectivity index (χ4v) is 1.95. The molecule has 2 aliphatic rings. The highest BCUT2D eigenvalue weighted by Gasteiger charge is 2.44. The number of rotatable bonds is 2. The molecule has 0 aromatic rings. The summed E-state index contributed by atoms with van der Waals surface area (Å²) in [5, 5.41) is 47.2. The highest BCUT2D eigenvalue weighted by molar-refractivity contribution is 4.87. The second kappa shape index (κ2) is 5.94. The van der Waals surface area contributed by atoms with Crippen molar-refractivity contribution < 1.29 is 44.1 Å². The summed E-state index contributed by atoms with van der Waals surface area (Å²) in [5.74, 6) is 0. The first-order chi connectivity index (χ1) is 8.91. The molecule has 8 atom stereocenters. The van der Waals surface area contributed by atoms with Gasteiger partial charge >= 0.3 is 0 Å². The molecule has 2 saturated heterocycles. The maximum atomic E-state index is 12.9. The van der Waals surface area contributed by atoms with Crippen molar-refractivity contribution in [1.29, 1.82) is 0 Å². The summed E-state index contributed by atoms with van der Waals surface area (Å²) in [6.07, 6.45) is -12.0. The Morgan fingerprint density at radius 1 is 0.842 bits per heavy atom. The molecule has 0 aromatic carbocycles. The monoisotopic (exact) mass is 284 g/mol. The van der Waals surface area contributed by atoms with Crippen LogP contribution in [0, 0.1) is 0 Å². The van der Waals surface area contributed by atoms with Gasteiger partial charge in [-0.1, -0.05) is 0 Å². The Morgan fingerprint density at radius 2 is 1.53 bits per heavy atom. The molecular weight excluding hydrogens is 267 g/mol. The first kappa shape index (κ1) is 15.0. The Kier molecular flexibility index (Phi) is 4.69. The van der Waals surface area contributed by atoms with E-state index in [9.17, 15) is 29.9 Å². The molecule has 0 aromatic heterocycles. The molecule has 8 nitrogen and oxygen atoms in total. The third kappa shape index (κ3) is 3.03. The topological polar surface area (TPSA) is 129 Å². The van der Waals surface area contributed by atoms with E-state index in [0.717, 1.165) is 0 Å². The van der Waals surface area contributed by atoms with E-state index in [-0.39, 0.29) is 13.2 Å². The fourth-order valence-electron chi connectivity index (χ4n) is 1.95. The van der Waals surface area contributed by atoms with E-state index < -0.39 is 49.3 Å². The van der Waals surface area contributed by atoms with E-state index in [1.807, 2.05) is 0 Å². The number of hydrogen-bond acceptors (Lipinski definition) is 8. The summed E-state index contributed by atoms with van der Waals surface area (Å²) in [6.45, 7) is -0.606. The molecule has 2 aliphatic heterocycles. The maximum absolute atomic E-state index is 12.9. The van der Waals surface area contributed by atoms with Gasteiger partial charge in [-0.05, 0) is 0 Å². The molecule has 0 spiro atoms. The van der Waals surface area contributed by atoms with Crippen molar-refractivity contribution in [1.82, 2.24) is 0 Å². The molecule has 2 fully saturated rings. The van der Waals surface area contributed by atoms with Crippen molar-refractivity contribution in [3.63, 3.8) is 0 Å². The van der Waals surface area contributed by atoms with Gasteiger partial charge in [0.1, 0.15) is 36.6 Å². The van der Waals surface area contributed by atoms with Crippen molar-refractivity contribution in [3.8, 4) is 0 Å². The zero-order valence-corrected chi connectivity index (χ0v) is 9.87. The Hall–Kier alpha value is -0.390. The lowest BCUT2D eigenvalue weighted by molar-refractivity contribution is -0.316. The van der Waals surface area contributed by atoms with E-state index in [2.05, 4.69) is 4.74 Å². The van der Waals surface area contributed by atoms with Crippen molar-refractivity contribution in [2.45, 2.75) is 49.3 Å². The van der Waals surface area contributed by atoms with Gasteiger partial charge in [-0.15, -0.1) is 0 Å². The molecule has 0 aliphatic carbocycles. The van der Waals surface area contributed by atoms with Crippen LogP contribution in [0.1, 0.15) is 0 Å². The zero-order valence-electron chi connectivity index (χ0n) is 9.87. The molecule has 9 heteroatoms. The smallest absolute Gasteiger partial charge is 0.227 e. The van der Waals surface area contributed by atoms with Gasteiger partial charge in [0.25, 0.3) is 0 Å². The summed E-state index contributed by atoms with van der Waals surface area (Å²) in [7, 11) is 0. The van der Waals surface area contributed by atoms with E-state index >= 15 is 0 Å². The molecule has 0 amide bonds. The van der Waals surface area contributed by atoms with Gasteiger partial charge in [-0.2, -0.15) is 0 Å². The SMILES string of the molecule is OC1COC(OC2COC(F)C(O)C2O)C(O)C1O. The van der Waals surface area contributed by atoms with Crippen molar-refractivity contribution in [2.75, 3.05) is 13.2 Å². The maximum Gasteiger partial charge on any atom is 0.227 e. The van der Waals surface area contributed by atoms with Gasteiger partial charge in [-0.3, -0.25) is 0 Å². The van der Waals surface area contributed by atoms with Crippen molar-refractivity contribution >= 4 is 0 Å². The molecule has 5 N–H and O–H groups in total. The van der Waals surface area contributed by atoms with Crippen LogP contribution in [0.15, 0.2) is 0 Å². The van der Waals surface area contributed by atoms with Crippen LogP contribution in [0.25, 0.3) is 0 Å². The minimum atomic E-state index is -2.01. The second-order valence-electron chi connectivity index (χ2n) is 4.59. The molecule has 112 valence electrons. The number of alkyl halides is 1. The Morgan fingerprint density at radius 3 is 2.21 bits per heavy atom. The van der Waals surface area contributed by atoms with Gasteiger partial charge < -0.3 is 39.7 Å². The van der Waals surface area contributed by atoms with Gasteiger partial charge in [-0.25, -0.2) is 4.39 Å². The Labute approximate surface area is 107 Å². The summed E-state index contributed by atoms with van der Waals surface area (Å²) in [5.41, 5.74) is 0. The highest BCUT2D eigenvalue weighted by Crippen LogP contribution is 2.23. The first-order valence-corrected chi connectivity index (χ1v) is 5.85. The molecule has 2 rings (SSSR count). The summed E-state index contributed by atoms with van der Waals surface area (Å²) >= 11 is 0. The lowest BCUT2D eigenvalue weighted by Gasteiger charge is -2.40. The number of ether oxygens (including phenoxy) is 3. The van der Waals surface area contributed by atoms with Crippen LogP contribution in [-0.4, -0.2) is 88.0 Å². The molecule has 19 heavy (non-hydrogen) atoms.